The molecule has 1 aliphatic heterocycles. The summed E-state index contributed by atoms with van der Waals surface area (Å²) in [6.07, 6.45) is 0. The summed E-state index contributed by atoms with van der Waals surface area (Å²) in [6, 6.07) is 8.65. The van der Waals surface area contributed by atoms with Gasteiger partial charge in [0.1, 0.15) is 6.04 Å². The minimum atomic E-state index is -0.443. The fourth-order valence-electron chi connectivity index (χ4n) is 1.99. The predicted octanol–water partition coefficient (Wildman–Crippen LogP) is 0.998. The summed E-state index contributed by atoms with van der Waals surface area (Å²) in [6.45, 7) is 3.91. The van der Waals surface area contributed by atoms with E-state index in [0.29, 0.717) is 0 Å². The maximum absolute atomic E-state index is 11.8. The first-order chi connectivity index (χ1) is 8.09. The Morgan fingerprint density at radius 1 is 1.06 bits per heavy atom. The molecule has 0 spiro atoms. The molecule has 2 rings (SSSR count). The van der Waals surface area contributed by atoms with E-state index >= 15 is 0 Å². The molecule has 0 unspecified atom stereocenters. The monoisotopic (exact) mass is 232 g/mol. The molecule has 0 aromatic heterocycles. The van der Waals surface area contributed by atoms with E-state index in [-0.39, 0.29) is 23.8 Å². The third-order valence-electron chi connectivity index (χ3n) is 2.94. The molecule has 1 saturated heterocycles. The van der Waals surface area contributed by atoms with Crippen LogP contribution in [0.2, 0.25) is 0 Å². The zero-order valence-corrected chi connectivity index (χ0v) is 9.94. The molecule has 2 atom stereocenters. The van der Waals surface area contributed by atoms with Gasteiger partial charge in [-0.1, -0.05) is 44.2 Å². The van der Waals surface area contributed by atoms with Gasteiger partial charge in [0.05, 0.1) is 6.04 Å². The molecule has 90 valence electrons. The van der Waals surface area contributed by atoms with Crippen molar-refractivity contribution in [2.75, 3.05) is 0 Å². The normalized spacial score (nSPS) is 24.9. The van der Waals surface area contributed by atoms with Crippen molar-refractivity contribution < 1.29 is 9.59 Å². The molecule has 1 aliphatic rings. The van der Waals surface area contributed by atoms with Crippen LogP contribution in [0.25, 0.3) is 0 Å². The van der Waals surface area contributed by atoms with Crippen LogP contribution in [0.1, 0.15) is 25.5 Å². The van der Waals surface area contributed by atoms with E-state index in [9.17, 15) is 9.59 Å². The van der Waals surface area contributed by atoms with Gasteiger partial charge in [-0.2, -0.15) is 0 Å². The lowest BCUT2D eigenvalue weighted by atomic mass is 9.96. The van der Waals surface area contributed by atoms with E-state index in [2.05, 4.69) is 10.6 Å². The Labute approximate surface area is 100 Å². The van der Waals surface area contributed by atoms with E-state index in [0.717, 1.165) is 5.56 Å². The molecule has 0 radical (unpaired) electrons. The number of imide groups is 1. The standard InChI is InChI=1S/C13H16N2O2/c1-8(2)10-12(16)15-13(17)11(14-10)9-6-4-3-5-7-9/h3-8,10-11,14H,1-2H3,(H,15,16,17)/t10-,11+/m0/s1. The highest BCUT2D eigenvalue weighted by Gasteiger charge is 2.35. The minimum Gasteiger partial charge on any atom is -0.293 e. The Balaban J connectivity index is 2.24. The Kier molecular flexibility index (Phi) is 3.24. The van der Waals surface area contributed by atoms with Crippen molar-refractivity contribution in [3.05, 3.63) is 35.9 Å². The average molecular weight is 232 g/mol. The molecule has 0 aliphatic carbocycles. The van der Waals surface area contributed by atoms with Gasteiger partial charge in [-0.25, -0.2) is 0 Å². The van der Waals surface area contributed by atoms with Crippen molar-refractivity contribution in [2.24, 2.45) is 5.92 Å². The quantitative estimate of drug-likeness (QED) is 0.748. The van der Waals surface area contributed by atoms with E-state index in [1.807, 2.05) is 44.2 Å². The fourth-order valence-corrected chi connectivity index (χ4v) is 1.99. The topological polar surface area (TPSA) is 58.2 Å². The van der Waals surface area contributed by atoms with Gasteiger partial charge < -0.3 is 0 Å². The van der Waals surface area contributed by atoms with Crippen LogP contribution in [-0.2, 0) is 9.59 Å². The maximum Gasteiger partial charge on any atom is 0.248 e. The summed E-state index contributed by atoms with van der Waals surface area (Å²) in [5.41, 5.74) is 0.878. The lowest BCUT2D eigenvalue weighted by Gasteiger charge is -2.31. The minimum absolute atomic E-state index is 0.148. The molecule has 1 heterocycles. The number of carbonyl (C=O) groups excluding carboxylic acids is 2. The van der Waals surface area contributed by atoms with Gasteiger partial charge in [-0.15, -0.1) is 0 Å². The number of benzene rings is 1. The molecule has 17 heavy (non-hydrogen) atoms. The lowest BCUT2D eigenvalue weighted by molar-refractivity contribution is -0.137. The Hall–Kier alpha value is -1.68. The first kappa shape index (κ1) is 11.8. The van der Waals surface area contributed by atoms with E-state index in [4.69, 9.17) is 0 Å². The van der Waals surface area contributed by atoms with Crippen molar-refractivity contribution in [1.82, 2.24) is 10.6 Å². The second-order valence-electron chi connectivity index (χ2n) is 4.59. The van der Waals surface area contributed by atoms with Gasteiger partial charge in [0, 0.05) is 0 Å². The summed E-state index contributed by atoms with van der Waals surface area (Å²) in [5.74, 6) is -0.371. The van der Waals surface area contributed by atoms with Crippen molar-refractivity contribution >= 4 is 11.8 Å². The summed E-state index contributed by atoms with van der Waals surface area (Å²) >= 11 is 0. The van der Waals surface area contributed by atoms with Crippen LogP contribution in [-0.4, -0.2) is 17.9 Å². The number of carbonyl (C=O) groups is 2. The molecular formula is C13H16N2O2. The van der Waals surface area contributed by atoms with E-state index < -0.39 is 6.04 Å². The van der Waals surface area contributed by atoms with Crippen LogP contribution in [0.4, 0.5) is 0 Å². The van der Waals surface area contributed by atoms with Crippen molar-refractivity contribution in [1.29, 1.82) is 0 Å². The van der Waals surface area contributed by atoms with Gasteiger partial charge in [-0.3, -0.25) is 20.2 Å². The number of hydrogen-bond donors (Lipinski definition) is 2. The zero-order chi connectivity index (χ0) is 12.4. The molecule has 2 N–H and O–H groups in total. The van der Waals surface area contributed by atoms with Gasteiger partial charge in [0.15, 0.2) is 0 Å². The highest BCUT2D eigenvalue weighted by molar-refractivity contribution is 6.03. The number of hydrogen-bond acceptors (Lipinski definition) is 3. The smallest absolute Gasteiger partial charge is 0.248 e. The molecule has 1 aromatic rings. The fraction of sp³-hybridized carbons (Fsp3) is 0.385. The number of rotatable bonds is 2. The van der Waals surface area contributed by atoms with E-state index in [1.54, 1.807) is 0 Å². The van der Waals surface area contributed by atoms with Crippen molar-refractivity contribution in [2.45, 2.75) is 25.9 Å². The Bertz CT molecular complexity index is 428. The molecule has 4 heteroatoms. The van der Waals surface area contributed by atoms with Gasteiger partial charge in [0.2, 0.25) is 11.8 Å². The van der Waals surface area contributed by atoms with Crippen molar-refractivity contribution in [3.63, 3.8) is 0 Å². The van der Waals surface area contributed by atoms with Crippen LogP contribution in [0, 0.1) is 5.92 Å². The van der Waals surface area contributed by atoms with Crippen LogP contribution < -0.4 is 10.6 Å². The molecule has 0 saturated carbocycles. The maximum atomic E-state index is 11.8. The van der Waals surface area contributed by atoms with Gasteiger partial charge in [0.25, 0.3) is 0 Å². The SMILES string of the molecule is CC(C)[C@@H]1N[C@H](c2ccccc2)C(=O)NC1=O. The van der Waals surface area contributed by atoms with Gasteiger partial charge in [-0.05, 0) is 11.5 Å². The molecule has 1 aromatic carbocycles. The van der Waals surface area contributed by atoms with E-state index in [1.165, 1.54) is 0 Å². The van der Waals surface area contributed by atoms with Crippen LogP contribution in [0.3, 0.4) is 0 Å². The molecule has 4 nitrogen and oxygen atoms in total. The third kappa shape index (κ3) is 2.36. The Morgan fingerprint density at radius 2 is 1.71 bits per heavy atom. The Morgan fingerprint density at radius 3 is 2.29 bits per heavy atom. The first-order valence-corrected chi connectivity index (χ1v) is 5.75. The molecular weight excluding hydrogens is 216 g/mol. The summed E-state index contributed by atoms with van der Waals surface area (Å²) in [7, 11) is 0. The summed E-state index contributed by atoms with van der Waals surface area (Å²) < 4.78 is 0. The highest BCUT2D eigenvalue weighted by atomic mass is 16.2. The van der Waals surface area contributed by atoms with Crippen LogP contribution >= 0.6 is 0 Å². The summed E-state index contributed by atoms with van der Waals surface area (Å²) in [4.78, 5) is 23.4. The second-order valence-corrected chi connectivity index (χ2v) is 4.59. The van der Waals surface area contributed by atoms with Crippen LogP contribution in [0.15, 0.2) is 30.3 Å². The lowest BCUT2D eigenvalue weighted by Crippen LogP contribution is -2.59. The average Bonchev–Trinajstić information content (AvgIpc) is 2.29. The predicted molar refractivity (Wildman–Crippen MR) is 64.1 cm³/mol. The number of amides is 2. The number of nitrogens with one attached hydrogen (secondary N) is 2. The first-order valence-electron chi connectivity index (χ1n) is 5.75. The molecule has 0 bridgehead atoms. The summed E-state index contributed by atoms with van der Waals surface area (Å²) in [5, 5.41) is 5.53. The largest absolute Gasteiger partial charge is 0.293 e. The second kappa shape index (κ2) is 4.67. The van der Waals surface area contributed by atoms with Crippen molar-refractivity contribution in [3.8, 4) is 0 Å². The van der Waals surface area contributed by atoms with Gasteiger partial charge >= 0.3 is 0 Å². The molecule has 2 amide bonds. The molecule has 1 fully saturated rings. The zero-order valence-electron chi connectivity index (χ0n) is 9.94. The third-order valence-corrected chi connectivity index (χ3v) is 2.94. The number of piperazine rings is 1. The highest BCUT2D eigenvalue weighted by Crippen LogP contribution is 2.19. The van der Waals surface area contributed by atoms with Crippen LogP contribution in [0.5, 0.6) is 0 Å².